The van der Waals surface area contributed by atoms with E-state index < -0.39 is 0 Å². The number of methoxy groups -OCH3 is 2. The zero-order valence-electron chi connectivity index (χ0n) is 20.1. The van der Waals surface area contributed by atoms with Crippen LogP contribution in [-0.4, -0.2) is 36.7 Å². The Labute approximate surface area is 201 Å². The zero-order valence-corrected chi connectivity index (χ0v) is 20.1. The van der Waals surface area contributed by atoms with Crippen LogP contribution >= 0.6 is 0 Å². The third-order valence-electron chi connectivity index (χ3n) is 6.40. The Balaban J connectivity index is 1.68. The van der Waals surface area contributed by atoms with Gasteiger partial charge in [-0.05, 0) is 46.7 Å². The molecule has 0 bridgehead atoms. The van der Waals surface area contributed by atoms with Gasteiger partial charge in [0, 0.05) is 12.1 Å². The van der Waals surface area contributed by atoms with Gasteiger partial charge in [0.1, 0.15) is 0 Å². The van der Waals surface area contributed by atoms with E-state index in [1.165, 1.54) is 5.56 Å². The molecule has 0 aliphatic carbocycles. The predicted molar refractivity (Wildman–Crippen MR) is 134 cm³/mol. The average molecular weight is 458 g/mol. The molecule has 5 heteroatoms. The molecule has 0 saturated heterocycles. The van der Waals surface area contributed by atoms with E-state index in [2.05, 4.69) is 38.1 Å². The number of benzene rings is 3. The number of carbonyl (C=O) groups is 1. The van der Waals surface area contributed by atoms with Crippen molar-refractivity contribution >= 4 is 11.5 Å². The number of aliphatic hydroxyl groups excluding tert-OH is 1. The lowest BCUT2D eigenvalue weighted by molar-refractivity contribution is -0.129. The molecule has 1 N–H and O–H groups in total. The number of aliphatic hydroxyl groups is 1. The Morgan fingerprint density at radius 3 is 2.21 bits per heavy atom. The molecule has 1 amide bonds. The fourth-order valence-corrected chi connectivity index (χ4v) is 4.49. The van der Waals surface area contributed by atoms with Gasteiger partial charge in [0.15, 0.2) is 17.3 Å². The smallest absolute Gasteiger partial charge is 0.289 e. The predicted octanol–water partition coefficient (Wildman–Crippen LogP) is 5.92. The van der Waals surface area contributed by atoms with Gasteiger partial charge in [-0.2, -0.15) is 0 Å². The maximum Gasteiger partial charge on any atom is 0.289 e. The fourth-order valence-electron chi connectivity index (χ4n) is 4.49. The van der Waals surface area contributed by atoms with E-state index in [0.29, 0.717) is 36.0 Å². The van der Waals surface area contributed by atoms with Crippen LogP contribution in [0, 0.1) is 0 Å². The van der Waals surface area contributed by atoms with E-state index in [4.69, 9.17) is 9.47 Å². The first-order valence-electron chi connectivity index (χ1n) is 11.5. The first-order chi connectivity index (χ1) is 16.4. The fraction of sp³-hybridized carbons (Fsp3) is 0.276. The van der Waals surface area contributed by atoms with Gasteiger partial charge >= 0.3 is 0 Å². The van der Waals surface area contributed by atoms with Crippen molar-refractivity contribution < 1.29 is 19.4 Å². The maximum atomic E-state index is 13.3. The summed E-state index contributed by atoms with van der Waals surface area (Å²) in [7, 11) is 3.21. The van der Waals surface area contributed by atoms with Crippen molar-refractivity contribution in [3.05, 3.63) is 101 Å². The number of carbonyl (C=O) groups excluding carboxylic acids is 1. The molecule has 0 radical (unpaired) electrons. The summed E-state index contributed by atoms with van der Waals surface area (Å²) >= 11 is 0. The minimum Gasteiger partial charge on any atom is -0.503 e. The highest BCUT2D eigenvalue weighted by Crippen LogP contribution is 2.43. The monoisotopic (exact) mass is 457 g/mol. The van der Waals surface area contributed by atoms with Gasteiger partial charge in [0.05, 0.1) is 20.3 Å². The molecule has 3 aromatic carbocycles. The standard InChI is InChI=1S/C29H31NO4/c1-19(2)21-11-13-23(14-12-21)27-26(22-8-6-5-7-9-22)28(31)29(32)30(27)17-16-20-10-15-24(33-3)25(18-20)34-4/h5-15,18-19,27,31H,16-17H2,1-4H3. The van der Waals surface area contributed by atoms with Crippen molar-refractivity contribution in [2.75, 3.05) is 20.8 Å². The summed E-state index contributed by atoms with van der Waals surface area (Å²) in [4.78, 5) is 15.0. The average Bonchev–Trinajstić information content (AvgIpc) is 3.12. The minimum atomic E-state index is -0.365. The normalized spacial score (nSPS) is 15.9. The van der Waals surface area contributed by atoms with Gasteiger partial charge in [0.2, 0.25) is 0 Å². The molecule has 5 nitrogen and oxygen atoms in total. The first-order valence-corrected chi connectivity index (χ1v) is 11.5. The van der Waals surface area contributed by atoms with Crippen molar-refractivity contribution in [1.82, 2.24) is 4.90 Å². The Morgan fingerprint density at radius 2 is 1.59 bits per heavy atom. The van der Waals surface area contributed by atoms with Gasteiger partial charge in [-0.3, -0.25) is 4.79 Å². The summed E-state index contributed by atoms with van der Waals surface area (Å²) in [6.07, 6.45) is 0.613. The first kappa shape index (κ1) is 23.4. The summed E-state index contributed by atoms with van der Waals surface area (Å²) < 4.78 is 10.8. The third-order valence-corrected chi connectivity index (χ3v) is 6.40. The van der Waals surface area contributed by atoms with Crippen LogP contribution in [-0.2, 0) is 11.2 Å². The van der Waals surface area contributed by atoms with Crippen LogP contribution in [0.3, 0.4) is 0 Å². The molecule has 4 rings (SSSR count). The Kier molecular flexibility index (Phi) is 6.92. The molecule has 0 spiro atoms. The van der Waals surface area contributed by atoms with Crippen LogP contribution in [0.5, 0.6) is 11.5 Å². The number of ether oxygens (including phenoxy) is 2. The zero-order chi connectivity index (χ0) is 24.2. The third kappa shape index (κ3) is 4.51. The molecule has 0 aromatic heterocycles. The minimum absolute atomic E-state index is 0.184. The lowest BCUT2D eigenvalue weighted by Gasteiger charge is -2.28. The van der Waals surface area contributed by atoms with Crippen molar-refractivity contribution in [2.45, 2.75) is 32.2 Å². The molecular weight excluding hydrogens is 426 g/mol. The molecule has 1 aliphatic heterocycles. The molecule has 3 aromatic rings. The number of rotatable bonds is 8. The van der Waals surface area contributed by atoms with Crippen LogP contribution in [0.4, 0.5) is 0 Å². The topological polar surface area (TPSA) is 59.0 Å². The molecule has 1 heterocycles. The SMILES string of the molecule is COc1ccc(CCN2C(=O)C(O)=C(c3ccccc3)C2c2ccc(C(C)C)cc2)cc1OC. The van der Waals surface area contributed by atoms with Crippen molar-refractivity contribution in [1.29, 1.82) is 0 Å². The van der Waals surface area contributed by atoms with E-state index in [9.17, 15) is 9.90 Å². The highest BCUT2D eigenvalue weighted by Gasteiger charge is 2.40. The number of hydrogen-bond donors (Lipinski definition) is 1. The lowest BCUT2D eigenvalue weighted by atomic mass is 9.91. The van der Waals surface area contributed by atoms with Crippen LogP contribution in [0.25, 0.3) is 5.57 Å². The van der Waals surface area contributed by atoms with Crippen LogP contribution in [0.15, 0.2) is 78.6 Å². The Bertz CT molecular complexity index is 1180. The largest absolute Gasteiger partial charge is 0.503 e. The molecule has 1 aliphatic rings. The van der Waals surface area contributed by atoms with Gasteiger partial charge in [-0.1, -0.05) is 74.5 Å². The molecule has 1 unspecified atom stereocenters. The van der Waals surface area contributed by atoms with E-state index in [1.807, 2.05) is 48.5 Å². The second kappa shape index (κ2) is 10.0. The summed E-state index contributed by atoms with van der Waals surface area (Å²) in [5.74, 6) is 1.20. The van der Waals surface area contributed by atoms with Gasteiger partial charge in [-0.25, -0.2) is 0 Å². The number of hydrogen-bond acceptors (Lipinski definition) is 4. The number of amides is 1. The molecule has 34 heavy (non-hydrogen) atoms. The van der Waals surface area contributed by atoms with E-state index >= 15 is 0 Å². The summed E-state index contributed by atoms with van der Waals surface area (Å²) in [6.45, 7) is 4.76. The second-order valence-electron chi connectivity index (χ2n) is 8.79. The van der Waals surface area contributed by atoms with Gasteiger partial charge in [0.25, 0.3) is 5.91 Å². The molecule has 0 fully saturated rings. The van der Waals surface area contributed by atoms with Crippen molar-refractivity contribution in [2.24, 2.45) is 0 Å². The summed E-state index contributed by atoms with van der Waals surface area (Å²) in [5.41, 5.74) is 4.73. The molecular formula is C29H31NO4. The van der Waals surface area contributed by atoms with Crippen molar-refractivity contribution in [3.63, 3.8) is 0 Å². The van der Waals surface area contributed by atoms with E-state index in [1.54, 1.807) is 19.1 Å². The summed E-state index contributed by atoms with van der Waals surface area (Å²) in [6, 6.07) is 23.4. The van der Waals surface area contributed by atoms with E-state index in [-0.39, 0.29) is 17.7 Å². The van der Waals surface area contributed by atoms with Crippen LogP contribution in [0.2, 0.25) is 0 Å². The highest BCUT2D eigenvalue weighted by molar-refractivity contribution is 6.05. The Hall–Kier alpha value is -3.73. The van der Waals surface area contributed by atoms with Crippen molar-refractivity contribution in [3.8, 4) is 11.5 Å². The van der Waals surface area contributed by atoms with Gasteiger partial charge < -0.3 is 19.5 Å². The summed E-state index contributed by atoms with van der Waals surface area (Å²) in [5, 5.41) is 11.0. The van der Waals surface area contributed by atoms with Crippen LogP contribution < -0.4 is 9.47 Å². The van der Waals surface area contributed by atoms with Crippen LogP contribution in [0.1, 0.15) is 48.1 Å². The second-order valence-corrected chi connectivity index (χ2v) is 8.79. The lowest BCUT2D eigenvalue weighted by Crippen LogP contribution is -2.32. The maximum absolute atomic E-state index is 13.3. The van der Waals surface area contributed by atoms with E-state index in [0.717, 1.165) is 16.7 Å². The molecule has 0 saturated carbocycles. The van der Waals surface area contributed by atoms with Gasteiger partial charge in [-0.15, -0.1) is 0 Å². The Morgan fingerprint density at radius 1 is 0.912 bits per heavy atom. The molecule has 176 valence electrons. The quantitative estimate of drug-likeness (QED) is 0.456. The number of nitrogens with zero attached hydrogens (tertiary/aromatic N) is 1. The highest BCUT2D eigenvalue weighted by atomic mass is 16.5. The molecule has 1 atom stereocenters.